The van der Waals surface area contributed by atoms with Gasteiger partial charge in [0.2, 0.25) is 5.91 Å². The van der Waals surface area contributed by atoms with Crippen molar-refractivity contribution in [3.8, 4) is 0 Å². The van der Waals surface area contributed by atoms with Gasteiger partial charge in [-0.1, -0.05) is 5.16 Å². The van der Waals surface area contributed by atoms with Crippen molar-refractivity contribution >= 4 is 5.91 Å². The molecule has 2 heterocycles. The van der Waals surface area contributed by atoms with Gasteiger partial charge in [-0.05, 0) is 39.7 Å². The molecule has 1 atom stereocenters. The number of hydrogen-bond donors (Lipinski definition) is 2. The average Bonchev–Trinajstić information content (AvgIpc) is 2.96. The molecule has 1 aliphatic heterocycles. The fourth-order valence-electron chi connectivity index (χ4n) is 2.35. The Morgan fingerprint density at radius 1 is 1.56 bits per heavy atom. The molecule has 0 spiro atoms. The lowest BCUT2D eigenvalue weighted by Gasteiger charge is -2.11. The van der Waals surface area contributed by atoms with Gasteiger partial charge in [0.15, 0.2) is 0 Å². The summed E-state index contributed by atoms with van der Waals surface area (Å²) in [6.07, 6.45) is 3.56. The van der Waals surface area contributed by atoms with Crippen molar-refractivity contribution in [1.82, 2.24) is 15.8 Å². The molecule has 0 aliphatic carbocycles. The van der Waals surface area contributed by atoms with Gasteiger partial charge in [-0.15, -0.1) is 0 Å². The second kappa shape index (κ2) is 6.00. The molecule has 100 valence electrons. The molecule has 1 saturated heterocycles. The summed E-state index contributed by atoms with van der Waals surface area (Å²) in [7, 11) is 0. The van der Waals surface area contributed by atoms with Crippen molar-refractivity contribution in [3.05, 3.63) is 17.0 Å². The van der Waals surface area contributed by atoms with E-state index < -0.39 is 0 Å². The maximum Gasteiger partial charge on any atom is 0.220 e. The third kappa shape index (κ3) is 3.32. The molecule has 1 fully saturated rings. The maximum atomic E-state index is 11.7. The molecule has 1 unspecified atom stereocenters. The summed E-state index contributed by atoms with van der Waals surface area (Å²) in [6, 6.07) is 0.452. The van der Waals surface area contributed by atoms with Gasteiger partial charge in [0.1, 0.15) is 5.76 Å². The normalized spacial score (nSPS) is 19.1. The first-order valence-corrected chi connectivity index (χ1v) is 6.58. The molecule has 5 heteroatoms. The molecule has 5 nitrogen and oxygen atoms in total. The Labute approximate surface area is 107 Å². The summed E-state index contributed by atoms with van der Waals surface area (Å²) in [6.45, 7) is 5.60. The van der Waals surface area contributed by atoms with E-state index in [9.17, 15) is 4.79 Å². The predicted molar refractivity (Wildman–Crippen MR) is 68.3 cm³/mol. The van der Waals surface area contributed by atoms with Crippen LogP contribution in [0.1, 0.15) is 36.3 Å². The van der Waals surface area contributed by atoms with Crippen LogP contribution < -0.4 is 10.6 Å². The SMILES string of the molecule is Cc1noc(C)c1CCC(=O)NCC1CCCN1. The number of aromatic nitrogens is 1. The van der Waals surface area contributed by atoms with Crippen LogP contribution in [0.3, 0.4) is 0 Å². The van der Waals surface area contributed by atoms with Crippen molar-refractivity contribution in [2.24, 2.45) is 0 Å². The van der Waals surface area contributed by atoms with E-state index in [1.54, 1.807) is 0 Å². The molecule has 1 aromatic heterocycles. The van der Waals surface area contributed by atoms with Crippen molar-refractivity contribution in [2.75, 3.05) is 13.1 Å². The van der Waals surface area contributed by atoms with Crippen molar-refractivity contribution in [1.29, 1.82) is 0 Å². The highest BCUT2D eigenvalue weighted by atomic mass is 16.5. The quantitative estimate of drug-likeness (QED) is 0.822. The Bertz CT molecular complexity index is 389. The molecule has 0 bridgehead atoms. The number of carbonyl (C=O) groups excluding carboxylic acids is 1. The molecule has 2 N–H and O–H groups in total. The second-order valence-corrected chi connectivity index (χ2v) is 4.90. The largest absolute Gasteiger partial charge is 0.361 e. The van der Waals surface area contributed by atoms with Gasteiger partial charge in [-0.3, -0.25) is 4.79 Å². The van der Waals surface area contributed by atoms with E-state index in [-0.39, 0.29) is 5.91 Å². The summed E-state index contributed by atoms with van der Waals surface area (Å²) in [5.41, 5.74) is 1.95. The first kappa shape index (κ1) is 13.1. The van der Waals surface area contributed by atoms with E-state index in [0.717, 1.165) is 36.5 Å². The van der Waals surface area contributed by atoms with Crippen LogP contribution in [-0.4, -0.2) is 30.2 Å². The molecule has 18 heavy (non-hydrogen) atoms. The van der Waals surface area contributed by atoms with Gasteiger partial charge in [0.25, 0.3) is 0 Å². The smallest absolute Gasteiger partial charge is 0.220 e. The van der Waals surface area contributed by atoms with Crippen molar-refractivity contribution in [3.63, 3.8) is 0 Å². The second-order valence-electron chi connectivity index (χ2n) is 4.90. The van der Waals surface area contributed by atoms with Gasteiger partial charge >= 0.3 is 0 Å². The number of nitrogens with zero attached hydrogens (tertiary/aromatic N) is 1. The number of rotatable bonds is 5. The van der Waals surface area contributed by atoms with Crippen molar-refractivity contribution in [2.45, 2.75) is 45.6 Å². The Hall–Kier alpha value is -1.36. The number of amides is 1. The van der Waals surface area contributed by atoms with Gasteiger partial charge in [-0.2, -0.15) is 0 Å². The van der Waals surface area contributed by atoms with E-state index in [0.29, 0.717) is 18.9 Å². The number of nitrogens with one attached hydrogen (secondary N) is 2. The van der Waals surface area contributed by atoms with E-state index in [4.69, 9.17) is 4.52 Å². The zero-order valence-electron chi connectivity index (χ0n) is 11.1. The van der Waals surface area contributed by atoms with E-state index in [1.165, 1.54) is 6.42 Å². The van der Waals surface area contributed by atoms with Crippen LogP contribution in [0.25, 0.3) is 0 Å². The number of hydrogen-bond acceptors (Lipinski definition) is 4. The Morgan fingerprint density at radius 2 is 2.39 bits per heavy atom. The maximum absolute atomic E-state index is 11.7. The molecule has 0 saturated carbocycles. The predicted octanol–water partition coefficient (Wildman–Crippen LogP) is 1.09. The third-order valence-electron chi connectivity index (χ3n) is 3.49. The number of carbonyl (C=O) groups is 1. The van der Waals surface area contributed by atoms with E-state index in [1.807, 2.05) is 13.8 Å². The first-order chi connectivity index (χ1) is 8.66. The number of aryl methyl sites for hydroxylation is 2. The van der Waals surface area contributed by atoms with Crippen LogP contribution in [0.15, 0.2) is 4.52 Å². The molecular formula is C13H21N3O2. The van der Waals surface area contributed by atoms with E-state index >= 15 is 0 Å². The minimum Gasteiger partial charge on any atom is -0.361 e. The Balaban J connectivity index is 1.71. The summed E-state index contributed by atoms with van der Waals surface area (Å²) in [4.78, 5) is 11.7. The standard InChI is InChI=1S/C13H21N3O2/c1-9-12(10(2)18-16-9)5-6-13(17)15-8-11-4-3-7-14-11/h11,14H,3-8H2,1-2H3,(H,15,17). The molecule has 0 radical (unpaired) electrons. The summed E-state index contributed by atoms with van der Waals surface area (Å²) < 4.78 is 5.08. The molecule has 1 aliphatic rings. The molecule has 0 aromatic carbocycles. The summed E-state index contributed by atoms with van der Waals surface area (Å²) in [5, 5.41) is 10.2. The van der Waals surface area contributed by atoms with Gasteiger partial charge < -0.3 is 15.2 Å². The molecule has 1 aromatic rings. The molecule has 1 amide bonds. The zero-order chi connectivity index (χ0) is 13.0. The first-order valence-electron chi connectivity index (χ1n) is 6.58. The fraction of sp³-hybridized carbons (Fsp3) is 0.692. The van der Waals surface area contributed by atoms with Crippen LogP contribution >= 0.6 is 0 Å². The minimum absolute atomic E-state index is 0.101. The lowest BCUT2D eigenvalue weighted by atomic mass is 10.1. The van der Waals surface area contributed by atoms with Gasteiger partial charge in [0.05, 0.1) is 5.69 Å². The van der Waals surface area contributed by atoms with Gasteiger partial charge in [-0.25, -0.2) is 0 Å². The molecular weight excluding hydrogens is 230 g/mol. The van der Waals surface area contributed by atoms with E-state index in [2.05, 4.69) is 15.8 Å². The Kier molecular flexibility index (Phi) is 4.36. The van der Waals surface area contributed by atoms with Crippen LogP contribution in [0.2, 0.25) is 0 Å². The topological polar surface area (TPSA) is 67.2 Å². The molecule has 2 rings (SSSR count). The van der Waals surface area contributed by atoms with Crippen LogP contribution in [-0.2, 0) is 11.2 Å². The van der Waals surface area contributed by atoms with Crippen molar-refractivity contribution < 1.29 is 9.32 Å². The zero-order valence-corrected chi connectivity index (χ0v) is 11.1. The Morgan fingerprint density at radius 3 is 3.00 bits per heavy atom. The minimum atomic E-state index is 0.101. The highest BCUT2D eigenvalue weighted by Crippen LogP contribution is 2.14. The average molecular weight is 251 g/mol. The van der Waals surface area contributed by atoms with Crippen LogP contribution in [0.5, 0.6) is 0 Å². The summed E-state index contributed by atoms with van der Waals surface area (Å²) in [5.74, 6) is 0.918. The van der Waals surface area contributed by atoms with Crippen LogP contribution in [0, 0.1) is 13.8 Å². The lowest BCUT2D eigenvalue weighted by molar-refractivity contribution is -0.121. The third-order valence-corrected chi connectivity index (χ3v) is 3.49. The van der Waals surface area contributed by atoms with Gasteiger partial charge in [0, 0.05) is 24.6 Å². The summed E-state index contributed by atoms with van der Waals surface area (Å²) >= 11 is 0. The fourth-order valence-corrected chi connectivity index (χ4v) is 2.35. The lowest BCUT2D eigenvalue weighted by Crippen LogP contribution is -2.37. The highest BCUT2D eigenvalue weighted by Gasteiger charge is 2.15. The van der Waals surface area contributed by atoms with Crippen LogP contribution in [0.4, 0.5) is 0 Å². The highest BCUT2D eigenvalue weighted by molar-refractivity contribution is 5.76. The monoisotopic (exact) mass is 251 g/mol.